The predicted molar refractivity (Wildman–Crippen MR) is 111 cm³/mol. The topological polar surface area (TPSA) is 94.2 Å². The Hall–Kier alpha value is -1.63. The Balaban J connectivity index is 1.31. The number of imidazole rings is 1. The fraction of sp³-hybridized carbons (Fsp3) is 0.650. The Kier molecular flexibility index (Phi) is 4.82. The number of nitrogens with zero attached hydrogens (tertiary/aromatic N) is 5. The molecule has 31 heavy (non-hydrogen) atoms. The van der Waals surface area contributed by atoms with Crippen molar-refractivity contribution in [2.24, 2.45) is 0 Å². The van der Waals surface area contributed by atoms with Crippen LogP contribution in [0.2, 0.25) is 0 Å². The average Bonchev–Trinajstić information content (AvgIpc) is 3.49. The van der Waals surface area contributed by atoms with Crippen LogP contribution in [-0.4, -0.2) is 67.8 Å². The van der Waals surface area contributed by atoms with E-state index >= 15 is 0 Å². The smallest absolute Gasteiger partial charge is 0.166 e. The van der Waals surface area contributed by atoms with Crippen molar-refractivity contribution in [3.8, 4) is 0 Å². The standard InChI is InChI=1S/C20H24BrN5O5/c1-20(2)30-16-12(8-28-13-5-3-4-6-27-13)29-19(17(16)31-20)25-9-22-14-15-11(21)7-24-26(15)10-23-18(14)25/h7,9-10,12-13,16-17,19H,3-6,8H2,1-2H3/t12-,13?,16-,17-,19-/m1/s1. The number of hydrogen-bond acceptors (Lipinski definition) is 8. The van der Waals surface area contributed by atoms with E-state index in [0.29, 0.717) is 12.3 Å². The van der Waals surface area contributed by atoms with E-state index in [-0.39, 0.29) is 24.6 Å². The Morgan fingerprint density at radius 1 is 1.19 bits per heavy atom. The lowest BCUT2D eigenvalue weighted by atomic mass is 10.1. The van der Waals surface area contributed by atoms with Crippen LogP contribution in [0.25, 0.3) is 16.7 Å². The minimum atomic E-state index is -0.706. The third-order valence-corrected chi connectivity index (χ3v) is 6.60. The van der Waals surface area contributed by atoms with Gasteiger partial charge in [-0.1, -0.05) is 0 Å². The summed E-state index contributed by atoms with van der Waals surface area (Å²) in [7, 11) is 0. The molecule has 5 atom stereocenters. The van der Waals surface area contributed by atoms with E-state index in [1.807, 2.05) is 18.4 Å². The molecule has 3 aromatic heterocycles. The molecule has 3 aliphatic rings. The summed E-state index contributed by atoms with van der Waals surface area (Å²) in [6.45, 7) is 4.95. The molecule has 3 aromatic rings. The third kappa shape index (κ3) is 3.38. The molecule has 3 fully saturated rings. The van der Waals surface area contributed by atoms with Gasteiger partial charge in [0.25, 0.3) is 0 Å². The first-order valence-corrected chi connectivity index (χ1v) is 11.4. The van der Waals surface area contributed by atoms with Gasteiger partial charge in [0.1, 0.15) is 35.7 Å². The molecule has 3 aliphatic heterocycles. The zero-order valence-electron chi connectivity index (χ0n) is 17.3. The first kappa shape index (κ1) is 20.0. The maximum atomic E-state index is 6.41. The van der Waals surface area contributed by atoms with Crippen LogP contribution in [0.5, 0.6) is 0 Å². The van der Waals surface area contributed by atoms with Crippen LogP contribution >= 0.6 is 15.9 Å². The van der Waals surface area contributed by atoms with Gasteiger partial charge in [-0.05, 0) is 49.0 Å². The highest BCUT2D eigenvalue weighted by molar-refractivity contribution is 9.10. The van der Waals surface area contributed by atoms with Crippen LogP contribution in [0.4, 0.5) is 0 Å². The summed E-state index contributed by atoms with van der Waals surface area (Å²) >= 11 is 3.54. The molecule has 0 amide bonds. The lowest BCUT2D eigenvalue weighted by Gasteiger charge is -2.27. The normalized spacial score (nSPS) is 32.8. The monoisotopic (exact) mass is 493 g/mol. The second-order valence-corrected chi connectivity index (χ2v) is 9.47. The minimum Gasteiger partial charge on any atom is -0.353 e. The van der Waals surface area contributed by atoms with Gasteiger partial charge < -0.3 is 23.7 Å². The second kappa shape index (κ2) is 7.46. The number of fused-ring (bicyclic) bond motifs is 4. The molecule has 0 spiro atoms. The molecular weight excluding hydrogens is 470 g/mol. The average molecular weight is 494 g/mol. The molecule has 1 unspecified atom stereocenters. The van der Waals surface area contributed by atoms with E-state index in [2.05, 4.69) is 31.0 Å². The summed E-state index contributed by atoms with van der Waals surface area (Å²) < 4.78 is 35.0. The first-order chi connectivity index (χ1) is 15.0. The second-order valence-electron chi connectivity index (χ2n) is 8.61. The van der Waals surface area contributed by atoms with E-state index in [1.54, 1.807) is 23.4 Å². The maximum Gasteiger partial charge on any atom is 0.166 e. The molecule has 0 radical (unpaired) electrons. The molecule has 6 rings (SSSR count). The van der Waals surface area contributed by atoms with E-state index in [9.17, 15) is 0 Å². The number of rotatable bonds is 4. The lowest BCUT2D eigenvalue weighted by molar-refractivity contribution is -0.219. The molecule has 0 aromatic carbocycles. The van der Waals surface area contributed by atoms with Gasteiger partial charge in [0.05, 0.1) is 23.6 Å². The summed E-state index contributed by atoms with van der Waals surface area (Å²) in [5, 5.41) is 4.28. The van der Waals surface area contributed by atoms with Crippen LogP contribution in [-0.2, 0) is 23.7 Å². The van der Waals surface area contributed by atoms with Gasteiger partial charge in [0.2, 0.25) is 0 Å². The van der Waals surface area contributed by atoms with Gasteiger partial charge in [-0.2, -0.15) is 5.10 Å². The van der Waals surface area contributed by atoms with Gasteiger partial charge >= 0.3 is 0 Å². The third-order valence-electron chi connectivity index (χ3n) is 6.02. The van der Waals surface area contributed by atoms with Crippen LogP contribution in [0.1, 0.15) is 39.3 Å². The molecule has 0 aliphatic carbocycles. The number of hydrogen-bond donors (Lipinski definition) is 0. The SMILES string of the molecule is CC1(C)O[C@@H]2[C@H](O1)[C@@H](COC1CCCCO1)O[C@H]2n1cnc2c1ncn1ncc(Br)c21. The van der Waals surface area contributed by atoms with Crippen molar-refractivity contribution in [1.29, 1.82) is 0 Å². The van der Waals surface area contributed by atoms with Gasteiger partial charge in [-0.15, -0.1) is 0 Å². The first-order valence-electron chi connectivity index (χ1n) is 10.6. The molecule has 10 nitrogen and oxygen atoms in total. The Bertz CT molecular complexity index is 1110. The largest absolute Gasteiger partial charge is 0.353 e. The molecular formula is C20H24BrN5O5. The molecule has 6 heterocycles. The number of halogens is 1. The molecule has 3 saturated heterocycles. The molecule has 0 N–H and O–H groups in total. The molecule has 0 saturated carbocycles. The van der Waals surface area contributed by atoms with Gasteiger partial charge in [-0.25, -0.2) is 14.5 Å². The van der Waals surface area contributed by atoms with Gasteiger partial charge in [0.15, 0.2) is 24.0 Å². The van der Waals surface area contributed by atoms with E-state index < -0.39 is 12.0 Å². The van der Waals surface area contributed by atoms with E-state index in [4.69, 9.17) is 23.7 Å². The van der Waals surface area contributed by atoms with Crippen molar-refractivity contribution in [2.45, 2.75) is 69.7 Å². The van der Waals surface area contributed by atoms with Crippen LogP contribution < -0.4 is 0 Å². The van der Waals surface area contributed by atoms with Crippen molar-refractivity contribution in [2.75, 3.05) is 13.2 Å². The van der Waals surface area contributed by atoms with Crippen molar-refractivity contribution in [3.63, 3.8) is 0 Å². The summed E-state index contributed by atoms with van der Waals surface area (Å²) in [6.07, 6.45) is 6.76. The predicted octanol–water partition coefficient (Wildman–Crippen LogP) is 2.80. The summed E-state index contributed by atoms with van der Waals surface area (Å²) in [6, 6.07) is 0. The molecule has 11 heteroatoms. The summed E-state index contributed by atoms with van der Waals surface area (Å²) in [5.74, 6) is -0.706. The van der Waals surface area contributed by atoms with Crippen LogP contribution in [0, 0.1) is 0 Å². The van der Waals surface area contributed by atoms with Gasteiger partial charge in [0, 0.05) is 6.61 Å². The van der Waals surface area contributed by atoms with Crippen LogP contribution in [0.15, 0.2) is 23.3 Å². The van der Waals surface area contributed by atoms with E-state index in [0.717, 1.165) is 41.4 Å². The fourth-order valence-electron chi connectivity index (χ4n) is 4.66. The van der Waals surface area contributed by atoms with E-state index in [1.165, 1.54) is 0 Å². The highest BCUT2D eigenvalue weighted by Crippen LogP contribution is 2.44. The lowest BCUT2D eigenvalue weighted by Crippen LogP contribution is -2.35. The molecule has 0 bridgehead atoms. The molecule has 166 valence electrons. The summed E-state index contributed by atoms with van der Waals surface area (Å²) in [4.78, 5) is 9.18. The van der Waals surface area contributed by atoms with Crippen molar-refractivity contribution < 1.29 is 23.7 Å². The zero-order chi connectivity index (χ0) is 21.2. The highest BCUT2D eigenvalue weighted by Gasteiger charge is 2.56. The quantitative estimate of drug-likeness (QED) is 0.547. The maximum absolute atomic E-state index is 6.41. The zero-order valence-corrected chi connectivity index (χ0v) is 18.9. The minimum absolute atomic E-state index is 0.187. The van der Waals surface area contributed by atoms with Crippen molar-refractivity contribution in [3.05, 3.63) is 23.3 Å². The Morgan fingerprint density at radius 3 is 2.90 bits per heavy atom. The van der Waals surface area contributed by atoms with Gasteiger partial charge in [-0.3, -0.25) is 4.57 Å². The number of aromatic nitrogens is 5. The van der Waals surface area contributed by atoms with Crippen molar-refractivity contribution >= 4 is 32.6 Å². The fourth-order valence-corrected chi connectivity index (χ4v) is 5.12. The Labute approximate surface area is 186 Å². The van der Waals surface area contributed by atoms with Crippen LogP contribution in [0.3, 0.4) is 0 Å². The number of ether oxygens (including phenoxy) is 5. The van der Waals surface area contributed by atoms with Crippen molar-refractivity contribution in [1.82, 2.24) is 24.1 Å². The summed E-state index contributed by atoms with van der Waals surface area (Å²) in [5.41, 5.74) is 2.29. The highest BCUT2D eigenvalue weighted by atomic mass is 79.9. The Morgan fingerprint density at radius 2 is 2.06 bits per heavy atom.